The molecule has 0 fully saturated rings. The lowest BCUT2D eigenvalue weighted by Gasteiger charge is -2.10. The van der Waals surface area contributed by atoms with Gasteiger partial charge in [-0.2, -0.15) is 0 Å². The van der Waals surface area contributed by atoms with E-state index in [1.807, 2.05) is 0 Å². The summed E-state index contributed by atoms with van der Waals surface area (Å²) in [5, 5.41) is 2.45. The molecule has 2 aromatic carbocycles. The number of carbonyl (C=O) groups excluding carboxylic acids is 4. The number of carbonyl (C=O) groups is 4. The molecular formula is C20H19NO8. The summed E-state index contributed by atoms with van der Waals surface area (Å²) >= 11 is 0. The Kier molecular flexibility index (Phi) is 7.30. The Bertz CT molecular complexity index is 886. The SMILES string of the molecule is COC(=O)c1cc(NC(=O)COC(=O)c2ccc(OC)cc2)cc(C(=O)OC)c1. The summed E-state index contributed by atoms with van der Waals surface area (Å²) in [6.07, 6.45) is 0. The minimum absolute atomic E-state index is 0.0425. The van der Waals surface area contributed by atoms with Crippen molar-refractivity contribution in [2.45, 2.75) is 0 Å². The fraction of sp³-hybridized carbons (Fsp3) is 0.200. The average Bonchev–Trinajstić information content (AvgIpc) is 2.76. The maximum atomic E-state index is 12.1. The Labute approximate surface area is 166 Å². The van der Waals surface area contributed by atoms with E-state index in [-0.39, 0.29) is 22.4 Å². The number of ether oxygens (including phenoxy) is 4. The predicted molar refractivity (Wildman–Crippen MR) is 101 cm³/mol. The molecule has 0 aliphatic carbocycles. The first-order valence-corrected chi connectivity index (χ1v) is 8.30. The van der Waals surface area contributed by atoms with Crippen molar-refractivity contribution in [1.29, 1.82) is 0 Å². The van der Waals surface area contributed by atoms with Gasteiger partial charge in [-0.15, -0.1) is 0 Å². The van der Waals surface area contributed by atoms with E-state index in [9.17, 15) is 19.2 Å². The maximum Gasteiger partial charge on any atom is 0.338 e. The van der Waals surface area contributed by atoms with E-state index in [0.717, 1.165) is 0 Å². The van der Waals surface area contributed by atoms with Crippen LogP contribution in [0.4, 0.5) is 5.69 Å². The van der Waals surface area contributed by atoms with E-state index < -0.39 is 30.4 Å². The van der Waals surface area contributed by atoms with E-state index in [0.29, 0.717) is 5.75 Å². The molecule has 0 bridgehead atoms. The first-order valence-electron chi connectivity index (χ1n) is 8.30. The number of rotatable bonds is 7. The van der Waals surface area contributed by atoms with Gasteiger partial charge in [0.1, 0.15) is 5.75 Å². The molecule has 2 rings (SSSR count). The number of anilines is 1. The molecule has 1 N–H and O–H groups in total. The summed E-state index contributed by atoms with van der Waals surface area (Å²) in [4.78, 5) is 47.6. The molecule has 29 heavy (non-hydrogen) atoms. The lowest BCUT2D eigenvalue weighted by Crippen LogP contribution is -2.21. The molecule has 0 atom stereocenters. The summed E-state index contributed by atoms with van der Waals surface area (Å²) in [7, 11) is 3.87. The molecule has 0 aliphatic rings. The monoisotopic (exact) mass is 401 g/mol. The van der Waals surface area contributed by atoms with Crippen molar-refractivity contribution in [1.82, 2.24) is 0 Å². The van der Waals surface area contributed by atoms with Gasteiger partial charge >= 0.3 is 17.9 Å². The molecule has 0 spiro atoms. The zero-order chi connectivity index (χ0) is 21.4. The zero-order valence-corrected chi connectivity index (χ0v) is 16.0. The number of esters is 3. The van der Waals surface area contributed by atoms with Crippen LogP contribution in [0.1, 0.15) is 31.1 Å². The molecule has 0 aliphatic heterocycles. The van der Waals surface area contributed by atoms with Gasteiger partial charge in [-0.25, -0.2) is 14.4 Å². The molecule has 9 heteroatoms. The molecule has 0 saturated carbocycles. The number of benzene rings is 2. The third kappa shape index (κ3) is 5.80. The van der Waals surface area contributed by atoms with Gasteiger partial charge in [0.15, 0.2) is 6.61 Å². The fourth-order valence-corrected chi connectivity index (χ4v) is 2.31. The zero-order valence-electron chi connectivity index (χ0n) is 16.0. The summed E-state index contributed by atoms with van der Waals surface area (Å²) in [5.74, 6) is -2.17. The third-order valence-electron chi connectivity index (χ3n) is 3.72. The molecular weight excluding hydrogens is 382 g/mol. The smallest absolute Gasteiger partial charge is 0.338 e. The van der Waals surface area contributed by atoms with Crippen LogP contribution in [-0.2, 0) is 19.0 Å². The number of methoxy groups -OCH3 is 3. The highest BCUT2D eigenvalue weighted by molar-refractivity contribution is 6.00. The lowest BCUT2D eigenvalue weighted by atomic mass is 10.1. The second-order valence-electron chi connectivity index (χ2n) is 5.64. The Morgan fingerprint density at radius 3 is 1.79 bits per heavy atom. The van der Waals surface area contributed by atoms with Gasteiger partial charge in [-0.3, -0.25) is 4.79 Å². The number of amides is 1. The molecule has 0 heterocycles. The van der Waals surface area contributed by atoms with Gasteiger partial charge in [0.2, 0.25) is 0 Å². The Balaban J connectivity index is 2.05. The van der Waals surface area contributed by atoms with Crippen LogP contribution in [0.25, 0.3) is 0 Å². The van der Waals surface area contributed by atoms with E-state index in [4.69, 9.17) is 9.47 Å². The minimum Gasteiger partial charge on any atom is -0.497 e. The first kappa shape index (κ1) is 21.4. The van der Waals surface area contributed by atoms with Crippen LogP contribution in [0, 0.1) is 0 Å². The normalized spacial score (nSPS) is 9.90. The predicted octanol–water partition coefficient (Wildman–Crippen LogP) is 2.06. The molecule has 1 amide bonds. The largest absolute Gasteiger partial charge is 0.497 e. The summed E-state index contributed by atoms with van der Waals surface area (Å²) in [5.41, 5.74) is 0.472. The molecule has 152 valence electrons. The second-order valence-corrected chi connectivity index (χ2v) is 5.64. The summed E-state index contributed by atoms with van der Waals surface area (Å²) in [6.45, 7) is -0.569. The van der Waals surface area contributed by atoms with Crippen molar-refractivity contribution >= 4 is 29.5 Å². The Hall–Kier alpha value is -3.88. The van der Waals surface area contributed by atoms with Gasteiger partial charge in [0.25, 0.3) is 5.91 Å². The van der Waals surface area contributed by atoms with E-state index in [1.165, 1.54) is 51.7 Å². The van der Waals surface area contributed by atoms with E-state index in [1.54, 1.807) is 12.1 Å². The molecule has 0 radical (unpaired) electrons. The van der Waals surface area contributed by atoms with E-state index >= 15 is 0 Å². The maximum absolute atomic E-state index is 12.1. The van der Waals surface area contributed by atoms with Gasteiger partial charge in [0, 0.05) is 5.69 Å². The van der Waals surface area contributed by atoms with Crippen molar-refractivity contribution < 1.29 is 38.1 Å². The highest BCUT2D eigenvalue weighted by Crippen LogP contribution is 2.17. The molecule has 0 saturated heterocycles. The fourth-order valence-electron chi connectivity index (χ4n) is 2.31. The first-order chi connectivity index (χ1) is 13.9. The summed E-state index contributed by atoms with van der Waals surface area (Å²) < 4.78 is 19.2. The number of nitrogens with one attached hydrogen (secondary N) is 1. The molecule has 0 aromatic heterocycles. The number of hydrogen-bond acceptors (Lipinski definition) is 8. The van der Waals surface area contributed by atoms with Crippen molar-refractivity contribution in [3.05, 3.63) is 59.2 Å². The highest BCUT2D eigenvalue weighted by Gasteiger charge is 2.16. The van der Waals surface area contributed by atoms with Crippen molar-refractivity contribution in [3.8, 4) is 5.75 Å². The molecule has 0 unspecified atom stereocenters. The van der Waals surface area contributed by atoms with Gasteiger partial charge < -0.3 is 24.3 Å². The van der Waals surface area contributed by atoms with Crippen molar-refractivity contribution in [3.63, 3.8) is 0 Å². The second kappa shape index (κ2) is 9.88. The third-order valence-corrected chi connectivity index (χ3v) is 3.72. The Morgan fingerprint density at radius 1 is 0.759 bits per heavy atom. The highest BCUT2D eigenvalue weighted by atomic mass is 16.5. The van der Waals surface area contributed by atoms with Crippen LogP contribution < -0.4 is 10.1 Å². The average molecular weight is 401 g/mol. The van der Waals surface area contributed by atoms with Gasteiger partial charge in [-0.05, 0) is 42.5 Å². The van der Waals surface area contributed by atoms with Crippen LogP contribution >= 0.6 is 0 Å². The Morgan fingerprint density at radius 2 is 1.31 bits per heavy atom. The van der Waals surface area contributed by atoms with Crippen molar-refractivity contribution in [2.24, 2.45) is 0 Å². The molecule has 9 nitrogen and oxygen atoms in total. The van der Waals surface area contributed by atoms with Gasteiger partial charge in [0.05, 0.1) is 38.0 Å². The number of hydrogen-bond donors (Lipinski definition) is 1. The van der Waals surface area contributed by atoms with E-state index in [2.05, 4.69) is 14.8 Å². The quantitative estimate of drug-likeness (QED) is 0.553. The van der Waals surface area contributed by atoms with Crippen LogP contribution in [0.2, 0.25) is 0 Å². The van der Waals surface area contributed by atoms with Crippen LogP contribution in [0.5, 0.6) is 5.75 Å². The topological polar surface area (TPSA) is 117 Å². The van der Waals surface area contributed by atoms with Crippen LogP contribution in [0.15, 0.2) is 42.5 Å². The standard InChI is InChI=1S/C20H19NO8/c1-26-16-6-4-12(5-7-16)20(25)29-11-17(22)21-15-9-13(18(23)27-2)8-14(10-15)19(24)28-3/h4-10H,11H2,1-3H3,(H,21,22). The van der Waals surface area contributed by atoms with Crippen LogP contribution in [-0.4, -0.2) is 51.8 Å². The minimum atomic E-state index is -0.697. The van der Waals surface area contributed by atoms with Crippen LogP contribution in [0.3, 0.4) is 0 Å². The molecule has 2 aromatic rings. The lowest BCUT2D eigenvalue weighted by molar-refractivity contribution is -0.119. The van der Waals surface area contributed by atoms with Crippen molar-refractivity contribution in [2.75, 3.05) is 33.3 Å². The van der Waals surface area contributed by atoms with Gasteiger partial charge in [-0.1, -0.05) is 0 Å². The summed E-state index contributed by atoms with van der Waals surface area (Å²) in [6, 6.07) is 10.1.